The minimum Gasteiger partial charge on any atom is -0.347 e. The first-order valence-corrected chi connectivity index (χ1v) is 9.05. The van der Waals surface area contributed by atoms with E-state index in [4.69, 9.17) is 0 Å². The fourth-order valence-electron chi connectivity index (χ4n) is 3.40. The van der Waals surface area contributed by atoms with Crippen LogP contribution in [-0.2, 0) is 7.05 Å². The maximum Gasteiger partial charge on any atom is 0.272 e. The molecule has 4 heterocycles. The first kappa shape index (κ1) is 17.2. The Labute approximate surface area is 157 Å². The highest BCUT2D eigenvalue weighted by molar-refractivity contribution is 5.95. The van der Waals surface area contributed by atoms with Crippen LogP contribution in [0.1, 0.15) is 27.4 Å². The third-order valence-corrected chi connectivity index (χ3v) is 4.92. The van der Waals surface area contributed by atoms with Crippen LogP contribution in [-0.4, -0.2) is 62.3 Å². The average Bonchev–Trinajstić information content (AvgIpc) is 2.98. The molecule has 3 aromatic rings. The van der Waals surface area contributed by atoms with Crippen molar-refractivity contribution in [2.24, 2.45) is 7.05 Å². The number of aryl methyl sites for hydroxylation is 1. The molecule has 7 heteroatoms. The Morgan fingerprint density at radius 3 is 2.44 bits per heavy atom. The lowest BCUT2D eigenvalue weighted by Crippen LogP contribution is -2.38. The smallest absolute Gasteiger partial charge is 0.272 e. The van der Waals surface area contributed by atoms with E-state index >= 15 is 0 Å². The molecule has 7 nitrogen and oxygen atoms in total. The lowest BCUT2D eigenvalue weighted by atomic mass is 10.2. The van der Waals surface area contributed by atoms with Gasteiger partial charge in [0, 0.05) is 51.0 Å². The van der Waals surface area contributed by atoms with Gasteiger partial charge in [-0.1, -0.05) is 0 Å². The summed E-state index contributed by atoms with van der Waals surface area (Å²) in [7, 11) is 1.86. The maximum atomic E-state index is 12.9. The van der Waals surface area contributed by atoms with E-state index in [1.807, 2.05) is 53.0 Å². The number of nitrogens with zero attached hydrogens (tertiary/aromatic N) is 5. The first-order chi connectivity index (χ1) is 13.1. The molecule has 0 aliphatic carbocycles. The fraction of sp³-hybridized carbons (Fsp3) is 0.300. The van der Waals surface area contributed by atoms with Crippen LogP contribution in [0.3, 0.4) is 0 Å². The van der Waals surface area contributed by atoms with Gasteiger partial charge in [-0.3, -0.25) is 9.59 Å². The Kier molecular flexibility index (Phi) is 4.58. The van der Waals surface area contributed by atoms with Crippen LogP contribution in [0.5, 0.6) is 0 Å². The van der Waals surface area contributed by atoms with Gasteiger partial charge in [0.1, 0.15) is 11.4 Å². The Morgan fingerprint density at radius 2 is 1.70 bits per heavy atom. The predicted molar refractivity (Wildman–Crippen MR) is 101 cm³/mol. The van der Waals surface area contributed by atoms with Crippen LogP contribution >= 0.6 is 0 Å². The molecule has 0 saturated carbocycles. The number of aromatic nitrogens is 3. The second kappa shape index (κ2) is 7.19. The van der Waals surface area contributed by atoms with Gasteiger partial charge in [0.05, 0.1) is 0 Å². The van der Waals surface area contributed by atoms with Crippen molar-refractivity contribution in [3.8, 4) is 0 Å². The van der Waals surface area contributed by atoms with Gasteiger partial charge in [-0.05, 0) is 42.8 Å². The molecule has 0 atom stereocenters. The highest BCUT2D eigenvalue weighted by atomic mass is 16.2. The molecule has 1 saturated heterocycles. The number of pyridine rings is 2. The number of carbonyl (C=O) groups excluding carboxylic acids is 2. The summed E-state index contributed by atoms with van der Waals surface area (Å²) in [4.78, 5) is 37.8. The number of fused-ring (bicyclic) bond motifs is 1. The summed E-state index contributed by atoms with van der Waals surface area (Å²) < 4.78 is 1.82. The van der Waals surface area contributed by atoms with E-state index in [-0.39, 0.29) is 11.8 Å². The lowest BCUT2D eigenvalue weighted by Gasteiger charge is -2.22. The molecule has 0 radical (unpaired) electrons. The van der Waals surface area contributed by atoms with Gasteiger partial charge in [0.25, 0.3) is 11.8 Å². The summed E-state index contributed by atoms with van der Waals surface area (Å²) in [6.45, 7) is 2.26. The van der Waals surface area contributed by atoms with Crippen molar-refractivity contribution >= 4 is 22.8 Å². The monoisotopic (exact) mass is 363 g/mol. The molecule has 0 unspecified atom stereocenters. The van der Waals surface area contributed by atoms with Crippen molar-refractivity contribution < 1.29 is 9.59 Å². The van der Waals surface area contributed by atoms with E-state index in [1.165, 1.54) is 0 Å². The topological polar surface area (TPSA) is 71.3 Å². The van der Waals surface area contributed by atoms with Crippen LogP contribution in [0.4, 0.5) is 0 Å². The highest BCUT2D eigenvalue weighted by Gasteiger charge is 2.25. The molecule has 27 heavy (non-hydrogen) atoms. The molecule has 0 spiro atoms. The van der Waals surface area contributed by atoms with Crippen molar-refractivity contribution in [3.63, 3.8) is 0 Å². The van der Waals surface area contributed by atoms with E-state index < -0.39 is 0 Å². The summed E-state index contributed by atoms with van der Waals surface area (Å²) in [5.41, 5.74) is 1.62. The second-order valence-corrected chi connectivity index (χ2v) is 6.69. The molecule has 2 amide bonds. The maximum absolute atomic E-state index is 12.9. The number of rotatable bonds is 2. The fourth-order valence-corrected chi connectivity index (χ4v) is 3.40. The van der Waals surface area contributed by atoms with E-state index in [0.29, 0.717) is 43.2 Å². The largest absolute Gasteiger partial charge is 0.347 e. The van der Waals surface area contributed by atoms with Crippen LogP contribution in [0, 0.1) is 0 Å². The molecule has 3 aromatic heterocycles. The van der Waals surface area contributed by atoms with Crippen molar-refractivity contribution in [2.75, 3.05) is 26.2 Å². The molecule has 4 rings (SSSR count). The number of carbonyl (C=O) groups is 2. The van der Waals surface area contributed by atoms with Crippen LogP contribution < -0.4 is 0 Å². The van der Waals surface area contributed by atoms with Gasteiger partial charge in [0.2, 0.25) is 0 Å². The van der Waals surface area contributed by atoms with Crippen LogP contribution in [0.25, 0.3) is 11.0 Å². The zero-order valence-corrected chi connectivity index (χ0v) is 15.2. The van der Waals surface area contributed by atoms with Crippen LogP contribution in [0.15, 0.2) is 48.8 Å². The normalized spacial score (nSPS) is 15.0. The molecular formula is C20H21N5O2. The van der Waals surface area contributed by atoms with Crippen molar-refractivity contribution in [3.05, 3.63) is 60.2 Å². The Bertz CT molecular complexity index is 997. The second-order valence-electron chi connectivity index (χ2n) is 6.69. The van der Waals surface area contributed by atoms with Crippen molar-refractivity contribution in [2.45, 2.75) is 6.42 Å². The molecule has 1 fully saturated rings. The predicted octanol–water partition coefficient (Wildman–Crippen LogP) is 1.96. The first-order valence-electron chi connectivity index (χ1n) is 9.05. The third-order valence-electron chi connectivity index (χ3n) is 4.92. The lowest BCUT2D eigenvalue weighted by molar-refractivity contribution is 0.0711. The summed E-state index contributed by atoms with van der Waals surface area (Å²) in [6.07, 6.45) is 4.27. The summed E-state index contributed by atoms with van der Waals surface area (Å²) >= 11 is 0. The molecule has 0 aromatic carbocycles. The van der Waals surface area contributed by atoms with E-state index in [1.54, 1.807) is 17.2 Å². The minimum atomic E-state index is -0.115. The van der Waals surface area contributed by atoms with Crippen molar-refractivity contribution in [1.29, 1.82) is 0 Å². The molecule has 138 valence electrons. The zero-order chi connectivity index (χ0) is 18.8. The van der Waals surface area contributed by atoms with E-state index in [2.05, 4.69) is 9.97 Å². The number of amides is 2. The average molecular weight is 363 g/mol. The van der Waals surface area contributed by atoms with Crippen molar-refractivity contribution in [1.82, 2.24) is 24.3 Å². The summed E-state index contributed by atoms with van der Waals surface area (Å²) in [6, 6.07) is 11.1. The number of hydrogen-bond donors (Lipinski definition) is 0. The highest BCUT2D eigenvalue weighted by Crippen LogP contribution is 2.14. The molecule has 1 aliphatic heterocycles. The van der Waals surface area contributed by atoms with Gasteiger partial charge < -0.3 is 14.4 Å². The summed E-state index contributed by atoms with van der Waals surface area (Å²) in [5, 5.41) is 0.907. The molecular weight excluding hydrogens is 342 g/mol. The third kappa shape index (κ3) is 3.40. The number of hydrogen-bond acceptors (Lipinski definition) is 4. The van der Waals surface area contributed by atoms with Gasteiger partial charge >= 0.3 is 0 Å². The van der Waals surface area contributed by atoms with Gasteiger partial charge in [-0.25, -0.2) is 9.97 Å². The summed E-state index contributed by atoms with van der Waals surface area (Å²) in [5.74, 6) is -0.111. The molecule has 0 bridgehead atoms. The Hall–Kier alpha value is -3.22. The quantitative estimate of drug-likeness (QED) is 0.698. The Balaban J connectivity index is 1.48. The van der Waals surface area contributed by atoms with Crippen LogP contribution in [0.2, 0.25) is 0 Å². The Morgan fingerprint density at radius 1 is 0.926 bits per heavy atom. The van der Waals surface area contributed by atoms with Gasteiger partial charge in [-0.2, -0.15) is 0 Å². The minimum absolute atomic E-state index is 0.00447. The standard InChI is InChI=1S/C20H21N5O2/c1-23-10-3-6-17(23)20(27)25-12-4-11-24(13-14-25)19(26)16-8-7-15-5-2-9-21-18(15)22-16/h2-3,5-10H,4,11-14H2,1H3. The van der Waals surface area contributed by atoms with E-state index in [0.717, 1.165) is 11.8 Å². The van der Waals surface area contributed by atoms with E-state index in [9.17, 15) is 9.59 Å². The van der Waals surface area contributed by atoms with Gasteiger partial charge in [0.15, 0.2) is 5.65 Å². The zero-order valence-electron chi connectivity index (χ0n) is 15.2. The molecule has 1 aliphatic rings. The van der Waals surface area contributed by atoms with Gasteiger partial charge in [-0.15, -0.1) is 0 Å². The molecule has 0 N–H and O–H groups in total. The SMILES string of the molecule is Cn1cccc1C(=O)N1CCCN(C(=O)c2ccc3cccnc3n2)CC1.